The molecule has 2 aromatic carbocycles. The van der Waals surface area contributed by atoms with Gasteiger partial charge in [-0.05, 0) is 68.3 Å². The molecule has 1 saturated heterocycles. The Bertz CT molecular complexity index is 1060. The molecule has 0 spiro atoms. The van der Waals surface area contributed by atoms with E-state index >= 15 is 0 Å². The van der Waals surface area contributed by atoms with Gasteiger partial charge in [0.2, 0.25) is 0 Å². The Morgan fingerprint density at radius 1 is 1.26 bits per heavy atom. The van der Waals surface area contributed by atoms with Crippen molar-refractivity contribution in [1.29, 1.82) is 0 Å². The van der Waals surface area contributed by atoms with Gasteiger partial charge in [-0.1, -0.05) is 29.3 Å². The van der Waals surface area contributed by atoms with Crippen LogP contribution in [0.25, 0.3) is 10.9 Å². The summed E-state index contributed by atoms with van der Waals surface area (Å²) in [5.74, 6) is 0.414. The van der Waals surface area contributed by atoms with E-state index in [1.807, 2.05) is 23.1 Å². The van der Waals surface area contributed by atoms with Crippen molar-refractivity contribution in [2.24, 2.45) is 0 Å². The minimum Gasteiger partial charge on any atom is -0.306 e. The fraction of sp³-hybridized carbons (Fsp3) is 0.333. The number of halogens is 1. The Morgan fingerprint density at radius 3 is 2.96 bits per heavy atom. The first-order valence-corrected chi connectivity index (χ1v) is 10.4. The predicted octanol–water partition coefficient (Wildman–Crippen LogP) is 4.71. The molecule has 0 aliphatic carbocycles. The molecule has 0 bridgehead atoms. The van der Waals surface area contributed by atoms with Crippen molar-refractivity contribution in [3.05, 3.63) is 57.4 Å². The van der Waals surface area contributed by atoms with E-state index in [2.05, 4.69) is 41.4 Å². The maximum atomic E-state index is 13.7. The summed E-state index contributed by atoms with van der Waals surface area (Å²) in [5, 5.41) is 1.48. The Morgan fingerprint density at radius 2 is 2.11 bits per heavy atom. The van der Waals surface area contributed by atoms with Crippen LogP contribution in [0.1, 0.15) is 33.1 Å². The van der Waals surface area contributed by atoms with Crippen LogP contribution in [0.15, 0.2) is 36.4 Å². The number of carbonyl (C=O) groups is 1. The second-order valence-electron chi connectivity index (χ2n) is 7.64. The molecular formula is C21H20ClN3OS. The Kier molecular flexibility index (Phi) is 4.00. The number of hydrogen-bond donors (Lipinski definition) is 0. The number of likely N-dealkylation sites (N-methyl/N-ethyl adjacent to an activating group) is 1. The van der Waals surface area contributed by atoms with Gasteiger partial charge in [-0.3, -0.25) is 4.79 Å². The van der Waals surface area contributed by atoms with Crippen LogP contribution in [0.3, 0.4) is 0 Å². The van der Waals surface area contributed by atoms with E-state index in [1.165, 1.54) is 22.7 Å². The van der Waals surface area contributed by atoms with Gasteiger partial charge in [-0.25, -0.2) is 0 Å². The number of aryl methyl sites for hydroxylation is 1. The molecular weight excluding hydrogens is 378 g/mol. The van der Waals surface area contributed by atoms with Crippen LogP contribution in [0.5, 0.6) is 0 Å². The lowest BCUT2D eigenvalue weighted by Crippen LogP contribution is -2.47. The molecule has 6 heteroatoms. The average molecular weight is 398 g/mol. The predicted molar refractivity (Wildman–Crippen MR) is 111 cm³/mol. The summed E-state index contributed by atoms with van der Waals surface area (Å²) in [4.78, 5) is 18.7. The lowest BCUT2D eigenvalue weighted by Gasteiger charge is -2.36. The molecule has 3 aromatic rings. The van der Waals surface area contributed by atoms with Gasteiger partial charge in [-0.15, -0.1) is 0 Å². The molecule has 0 saturated carbocycles. The summed E-state index contributed by atoms with van der Waals surface area (Å²) in [7, 11) is 2.16. The van der Waals surface area contributed by atoms with Crippen LogP contribution >= 0.6 is 23.1 Å². The lowest BCUT2D eigenvalue weighted by molar-refractivity contribution is 0.0970. The highest BCUT2D eigenvalue weighted by molar-refractivity contribution is 7.09. The number of nitrogens with zero attached hydrogens (tertiary/aromatic N) is 3. The maximum absolute atomic E-state index is 13.7. The maximum Gasteiger partial charge on any atom is 0.270 e. The number of likely N-dealkylation sites (tertiary alicyclic amines) is 1. The number of anilines is 1. The highest BCUT2D eigenvalue weighted by Crippen LogP contribution is 2.46. The zero-order valence-electron chi connectivity index (χ0n) is 15.3. The third-order valence-corrected chi connectivity index (χ3v) is 6.90. The van der Waals surface area contributed by atoms with Crippen LogP contribution in [-0.4, -0.2) is 41.4 Å². The first-order chi connectivity index (χ1) is 13.0. The molecule has 1 fully saturated rings. The van der Waals surface area contributed by atoms with Gasteiger partial charge in [0.1, 0.15) is 4.88 Å². The average Bonchev–Trinajstić information content (AvgIpc) is 3.19. The summed E-state index contributed by atoms with van der Waals surface area (Å²) in [6.45, 7) is 4.11. The van der Waals surface area contributed by atoms with E-state index in [9.17, 15) is 4.79 Å². The van der Waals surface area contributed by atoms with Crippen LogP contribution in [0, 0.1) is 6.92 Å². The van der Waals surface area contributed by atoms with Gasteiger partial charge < -0.3 is 9.80 Å². The molecule has 4 nitrogen and oxygen atoms in total. The highest BCUT2D eigenvalue weighted by Gasteiger charge is 2.44. The van der Waals surface area contributed by atoms with Crippen molar-refractivity contribution in [2.75, 3.05) is 25.0 Å². The molecule has 2 aliphatic heterocycles. The second-order valence-corrected chi connectivity index (χ2v) is 8.85. The largest absolute Gasteiger partial charge is 0.306 e. The van der Waals surface area contributed by atoms with Crippen molar-refractivity contribution < 1.29 is 4.79 Å². The zero-order valence-corrected chi connectivity index (χ0v) is 16.8. The fourth-order valence-corrected chi connectivity index (χ4v) is 5.48. The highest BCUT2D eigenvalue weighted by atomic mass is 35.5. The molecule has 2 aliphatic rings. The lowest BCUT2D eigenvalue weighted by atomic mass is 9.89. The minimum absolute atomic E-state index is 0.0481. The Labute approximate surface area is 167 Å². The summed E-state index contributed by atoms with van der Waals surface area (Å²) in [5.41, 5.74) is 4.42. The SMILES string of the molecule is Cc1ccc2c(c1)C1CN(C)CCC1N2C(=O)c1snc2ccc(Cl)cc12. The molecule has 2 atom stereocenters. The topological polar surface area (TPSA) is 36.4 Å². The van der Waals surface area contributed by atoms with Gasteiger partial charge >= 0.3 is 0 Å². The summed E-state index contributed by atoms with van der Waals surface area (Å²) < 4.78 is 4.47. The van der Waals surface area contributed by atoms with Crippen molar-refractivity contribution in [3.8, 4) is 0 Å². The van der Waals surface area contributed by atoms with Crippen LogP contribution in [0.4, 0.5) is 5.69 Å². The van der Waals surface area contributed by atoms with E-state index in [0.717, 1.165) is 36.1 Å². The van der Waals surface area contributed by atoms with Gasteiger partial charge in [0.25, 0.3) is 5.91 Å². The van der Waals surface area contributed by atoms with Crippen LogP contribution in [0.2, 0.25) is 5.02 Å². The number of rotatable bonds is 1. The summed E-state index contributed by atoms with van der Waals surface area (Å²) in [6.07, 6.45) is 0.984. The molecule has 0 radical (unpaired) electrons. The molecule has 138 valence electrons. The number of hydrogen-bond acceptors (Lipinski definition) is 4. The molecule has 0 N–H and O–H groups in total. The number of benzene rings is 2. The first-order valence-electron chi connectivity index (χ1n) is 9.20. The standard InChI is InChI=1S/C21H20ClN3OS/c1-12-3-6-18-14(9-12)16-11-24(2)8-7-19(16)25(18)21(26)20-15-10-13(22)4-5-17(15)23-27-20/h3-6,9-10,16,19H,7-8,11H2,1-2H3. The Hall–Kier alpha value is -1.95. The Balaban J connectivity index is 1.63. The van der Waals surface area contributed by atoms with Crippen molar-refractivity contribution in [1.82, 2.24) is 9.27 Å². The summed E-state index contributed by atoms with van der Waals surface area (Å²) >= 11 is 7.46. The van der Waals surface area contributed by atoms with E-state index in [4.69, 9.17) is 11.6 Å². The zero-order chi connectivity index (χ0) is 18.7. The summed E-state index contributed by atoms with van der Waals surface area (Å²) in [6, 6.07) is 12.2. The van der Waals surface area contributed by atoms with E-state index in [-0.39, 0.29) is 11.9 Å². The third kappa shape index (κ3) is 2.68. The number of aromatic nitrogens is 1. The van der Waals surface area contributed by atoms with E-state index in [0.29, 0.717) is 15.8 Å². The molecule has 5 rings (SSSR count). The van der Waals surface area contributed by atoms with Crippen LogP contribution < -0.4 is 4.90 Å². The number of carbonyl (C=O) groups excluding carboxylic acids is 1. The monoisotopic (exact) mass is 397 g/mol. The van der Waals surface area contributed by atoms with Crippen molar-refractivity contribution in [3.63, 3.8) is 0 Å². The quantitative estimate of drug-likeness (QED) is 0.596. The van der Waals surface area contributed by atoms with Gasteiger partial charge in [0.15, 0.2) is 0 Å². The molecule has 1 amide bonds. The van der Waals surface area contributed by atoms with Crippen LogP contribution in [-0.2, 0) is 0 Å². The van der Waals surface area contributed by atoms with Gasteiger partial charge in [-0.2, -0.15) is 4.37 Å². The molecule has 3 heterocycles. The van der Waals surface area contributed by atoms with Crippen molar-refractivity contribution >= 4 is 45.6 Å². The third-order valence-electron chi connectivity index (χ3n) is 5.80. The van der Waals surface area contributed by atoms with E-state index < -0.39 is 0 Å². The minimum atomic E-state index is 0.0481. The molecule has 27 heavy (non-hydrogen) atoms. The molecule has 2 unspecified atom stereocenters. The number of piperidine rings is 1. The van der Waals surface area contributed by atoms with Crippen molar-refractivity contribution in [2.45, 2.75) is 25.3 Å². The smallest absolute Gasteiger partial charge is 0.270 e. The second kappa shape index (κ2) is 6.30. The molecule has 1 aromatic heterocycles. The van der Waals surface area contributed by atoms with Gasteiger partial charge in [0, 0.05) is 34.6 Å². The number of amides is 1. The van der Waals surface area contributed by atoms with E-state index in [1.54, 1.807) is 0 Å². The normalized spacial score (nSPS) is 22.1. The first kappa shape index (κ1) is 17.2. The number of fused-ring (bicyclic) bond motifs is 4. The van der Waals surface area contributed by atoms with Gasteiger partial charge in [0.05, 0.1) is 5.52 Å². The fourth-order valence-electron chi connectivity index (χ4n) is 4.52.